The molecule has 1 nitrogen and oxygen atoms in total. The topological polar surface area (TPSA) is 12.0 Å². The lowest BCUT2D eigenvalue weighted by Gasteiger charge is -2.08. The van der Waals surface area contributed by atoms with Gasteiger partial charge in [-0.1, -0.05) is 38.5 Å². The lowest BCUT2D eigenvalue weighted by molar-refractivity contribution is 0.641. The van der Waals surface area contributed by atoms with Crippen molar-refractivity contribution in [3.05, 3.63) is 33.7 Å². The van der Waals surface area contributed by atoms with E-state index in [1.165, 1.54) is 32.5 Å². The third-order valence-electron chi connectivity index (χ3n) is 3.45. The first-order valence-corrected chi connectivity index (χ1v) is 8.06. The third kappa shape index (κ3) is 3.18. The van der Waals surface area contributed by atoms with Gasteiger partial charge in [0.2, 0.25) is 0 Å². The van der Waals surface area contributed by atoms with Crippen molar-refractivity contribution in [2.24, 2.45) is 5.92 Å². The van der Waals surface area contributed by atoms with Crippen molar-refractivity contribution in [3.8, 4) is 0 Å². The van der Waals surface area contributed by atoms with Crippen LogP contribution in [0.15, 0.2) is 12.1 Å². The second-order valence-electron chi connectivity index (χ2n) is 5.84. The van der Waals surface area contributed by atoms with Crippen molar-refractivity contribution in [3.63, 3.8) is 0 Å². The lowest BCUT2D eigenvalue weighted by Crippen LogP contribution is -2.12. The van der Waals surface area contributed by atoms with Crippen LogP contribution in [0.25, 0.3) is 10.1 Å². The molecule has 1 aromatic carbocycles. The van der Waals surface area contributed by atoms with Gasteiger partial charge >= 0.3 is 0 Å². The Hall–Kier alpha value is -0.860. The summed E-state index contributed by atoms with van der Waals surface area (Å²) in [6, 6.07) is 4.67. The molecule has 1 heterocycles. The molecule has 0 fully saturated rings. The summed E-state index contributed by atoms with van der Waals surface area (Å²) in [5.41, 5.74) is 4.37. The van der Waals surface area contributed by atoms with E-state index in [2.05, 4.69) is 52.1 Å². The van der Waals surface area contributed by atoms with Crippen molar-refractivity contribution in [2.75, 3.05) is 6.54 Å². The first-order valence-electron chi connectivity index (χ1n) is 7.25. The number of aryl methyl sites for hydroxylation is 2. The van der Waals surface area contributed by atoms with Gasteiger partial charge in [0.1, 0.15) is 0 Å². The molecule has 2 heteroatoms. The molecular weight excluding hydrogens is 250 g/mol. The highest BCUT2D eigenvalue weighted by Crippen LogP contribution is 2.35. The van der Waals surface area contributed by atoms with Crippen LogP contribution in [0.1, 0.15) is 42.3 Å². The van der Waals surface area contributed by atoms with E-state index in [1.54, 1.807) is 5.56 Å². The monoisotopic (exact) mass is 275 g/mol. The molecule has 0 aliphatic rings. The Bertz CT molecular complexity index is 566. The minimum atomic E-state index is 0.707. The van der Waals surface area contributed by atoms with Gasteiger partial charge in [-0.15, -0.1) is 11.3 Å². The summed E-state index contributed by atoms with van der Waals surface area (Å²) in [5.74, 6) is 0.707. The van der Waals surface area contributed by atoms with E-state index in [-0.39, 0.29) is 0 Å². The second kappa shape index (κ2) is 6.06. The van der Waals surface area contributed by atoms with Crippen LogP contribution in [0.3, 0.4) is 0 Å². The molecule has 1 N–H and O–H groups in total. The Morgan fingerprint density at radius 3 is 2.58 bits per heavy atom. The quantitative estimate of drug-likeness (QED) is 0.824. The van der Waals surface area contributed by atoms with Gasteiger partial charge in [0.05, 0.1) is 0 Å². The largest absolute Gasteiger partial charge is 0.312 e. The van der Waals surface area contributed by atoms with Crippen LogP contribution in [-0.4, -0.2) is 6.54 Å². The van der Waals surface area contributed by atoms with E-state index >= 15 is 0 Å². The molecule has 0 spiro atoms. The minimum absolute atomic E-state index is 0.707. The van der Waals surface area contributed by atoms with Crippen LogP contribution >= 0.6 is 11.3 Å². The Balaban J connectivity index is 2.56. The Morgan fingerprint density at radius 1 is 1.21 bits per heavy atom. The number of hydrogen-bond donors (Lipinski definition) is 1. The average molecular weight is 275 g/mol. The molecule has 0 unspecified atom stereocenters. The van der Waals surface area contributed by atoms with Gasteiger partial charge in [0, 0.05) is 16.1 Å². The first-order chi connectivity index (χ1) is 9.02. The number of thiophene rings is 1. The SMILES string of the molecule is CCNCc1sc2c(C)cc(C)cc2c1CC(C)C. The van der Waals surface area contributed by atoms with Crippen molar-refractivity contribution in [1.82, 2.24) is 5.32 Å². The molecular formula is C17H25NS. The van der Waals surface area contributed by atoms with Crippen molar-refractivity contribution < 1.29 is 0 Å². The maximum absolute atomic E-state index is 3.48. The summed E-state index contributed by atoms with van der Waals surface area (Å²) in [4.78, 5) is 1.53. The molecule has 0 bridgehead atoms. The Morgan fingerprint density at radius 2 is 1.95 bits per heavy atom. The molecule has 104 valence electrons. The van der Waals surface area contributed by atoms with Gasteiger partial charge in [-0.3, -0.25) is 0 Å². The van der Waals surface area contributed by atoms with E-state index in [0.717, 1.165) is 13.1 Å². The Kier molecular flexibility index (Phi) is 4.64. The number of hydrogen-bond acceptors (Lipinski definition) is 2. The highest BCUT2D eigenvalue weighted by molar-refractivity contribution is 7.19. The zero-order valence-electron chi connectivity index (χ0n) is 12.8. The summed E-state index contributed by atoms with van der Waals surface area (Å²) in [6.45, 7) is 13.3. The molecule has 0 radical (unpaired) electrons. The fourth-order valence-electron chi connectivity index (χ4n) is 2.66. The van der Waals surface area contributed by atoms with Gasteiger partial charge in [-0.25, -0.2) is 0 Å². The average Bonchev–Trinajstić information content (AvgIpc) is 2.65. The van der Waals surface area contributed by atoms with Gasteiger partial charge in [0.15, 0.2) is 0 Å². The molecule has 0 saturated carbocycles. The number of rotatable bonds is 5. The van der Waals surface area contributed by atoms with Crippen LogP contribution in [-0.2, 0) is 13.0 Å². The highest BCUT2D eigenvalue weighted by atomic mass is 32.1. The van der Waals surface area contributed by atoms with E-state index in [4.69, 9.17) is 0 Å². The van der Waals surface area contributed by atoms with Gasteiger partial charge < -0.3 is 5.32 Å². The smallest absolute Gasteiger partial charge is 0.0378 e. The zero-order valence-corrected chi connectivity index (χ0v) is 13.6. The molecule has 1 aromatic heterocycles. The van der Waals surface area contributed by atoms with Crippen LogP contribution in [0, 0.1) is 19.8 Å². The standard InChI is InChI=1S/C17H25NS/c1-6-18-10-16-14(7-11(2)3)15-9-12(4)8-13(5)17(15)19-16/h8-9,11,18H,6-7,10H2,1-5H3. The zero-order chi connectivity index (χ0) is 14.0. The predicted molar refractivity (Wildman–Crippen MR) is 87.2 cm³/mol. The molecule has 0 aliphatic carbocycles. The van der Waals surface area contributed by atoms with Crippen molar-refractivity contribution >= 4 is 21.4 Å². The summed E-state index contributed by atoms with van der Waals surface area (Å²) in [5, 5.41) is 4.97. The maximum atomic E-state index is 3.48. The fraction of sp³-hybridized carbons (Fsp3) is 0.529. The molecule has 0 saturated heterocycles. The fourth-order valence-corrected chi connectivity index (χ4v) is 3.91. The molecule has 19 heavy (non-hydrogen) atoms. The van der Waals surface area contributed by atoms with Crippen molar-refractivity contribution in [2.45, 2.75) is 47.6 Å². The second-order valence-corrected chi connectivity index (χ2v) is 6.95. The van der Waals surface area contributed by atoms with E-state index in [0.29, 0.717) is 5.92 Å². The number of fused-ring (bicyclic) bond motifs is 1. The maximum Gasteiger partial charge on any atom is 0.0378 e. The van der Waals surface area contributed by atoms with Crippen LogP contribution in [0.5, 0.6) is 0 Å². The molecule has 0 amide bonds. The molecule has 2 rings (SSSR count). The highest BCUT2D eigenvalue weighted by Gasteiger charge is 2.14. The summed E-state index contributed by atoms with van der Waals surface area (Å²) >= 11 is 1.98. The number of nitrogens with one attached hydrogen (secondary N) is 1. The molecule has 0 aliphatic heterocycles. The molecule has 0 atom stereocenters. The van der Waals surface area contributed by atoms with Gasteiger partial charge in [-0.2, -0.15) is 0 Å². The van der Waals surface area contributed by atoms with E-state index in [1.807, 2.05) is 11.3 Å². The number of benzene rings is 1. The third-order valence-corrected chi connectivity index (χ3v) is 4.84. The van der Waals surface area contributed by atoms with Crippen LogP contribution < -0.4 is 5.32 Å². The van der Waals surface area contributed by atoms with Crippen LogP contribution in [0.2, 0.25) is 0 Å². The van der Waals surface area contributed by atoms with E-state index < -0.39 is 0 Å². The summed E-state index contributed by atoms with van der Waals surface area (Å²) in [7, 11) is 0. The van der Waals surface area contributed by atoms with Crippen LogP contribution in [0.4, 0.5) is 0 Å². The van der Waals surface area contributed by atoms with Gasteiger partial charge in [0.25, 0.3) is 0 Å². The normalized spacial score (nSPS) is 11.7. The van der Waals surface area contributed by atoms with Crippen molar-refractivity contribution in [1.29, 1.82) is 0 Å². The lowest BCUT2D eigenvalue weighted by atomic mass is 9.97. The summed E-state index contributed by atoms with van der Waals surface area (Å²) < 4.78 is 1.48. The first kappa shape index (κ1) is 14.5. The Labute approximate surface area is 121 Å². The minimum Gasteiger partial charge on any atom is -0.312 e. The summed E-state index contributed by atoms with van der Waals surface area (Å²) in [6.07, 6.45) is 1.18. The molecule has 2 aromatic rings. The van der Waals surface area contributed by atoms with Gasteiger partial charge in [-0.05, 0) is 49.2 Å². The van der Waals surface area contributed by atoms with E-state index in [9.17, 15) is 0 Å². The predicted octanol–water partition coefficient (Wildman–Crippen LogP) is 4.83.